The average Bonchev–Trinajstić information content (AvgIpc) is 2.47. The molecule has 0 aliphatic heterocycles. The van der Waals surface area contributed by atoms with Crippen LogP contribution >= 0.6 is 0 Å². The lowest BCUT2D eigenvalue weighted by Crippen LogP contribution is -2.12. The van der Waals surface area contributed by atoms with Crippen LogP contribution in [0.2, 0.25) is 0 Å². The van der Waals surface area contributed by atoms with Crippen molar-refractivity contribution in [1.29, 1.82) is 0 Å². The molecule has 0 fully saturated rings. The van der Waals surface area contributed by atoms with Gasteiger partial charge >= 0.3 is 0 Å². The number of fused-ring (bicyclic) bond motifs is 1. The average molecular weight is 235 g/mol. The fourth-order valence-electron chi connectivity index (χ4n) is 2.17. The highest BCUT2D eigenvalue weighted by Crippen LogP contribution is 2.26. The molecule has 3 aromatic rings. The smallest absolute Gasteiger partial charge is 0.0558 e. The Kier molecular flexibility index (Phi) is 2.74. The Bertz CT molecular complexity index is 659. The van der Waals surface area contributed by atoms with Gasteiger partial charge in [-0.3, -0.25) is 9.97 Å². The second kappa shape index (κ2) is 4.55. The molecule has 0 radical (unpaired) electrons. The summed E-state index contributed by atoms with van der Waals surface area (Å²) in [7, 11) is 0. The molecule has 0 saturated carbocycles. The monoisotopic (exact) mass is 235 g/mol. The number of nitrogens with zero attached hydrogens (tertiary/aromatic N) is 2. The van der Waals surface area contributed by atoms with Crippen molar-refractivity contribution in [3.8, 4) is 0 Å². The number of benzene rings is 1. The molecule has 88 valence electrons. The van der Waals surface area contributed by atoms with Crippen molar-refractivity contribution in [2.24, 2.45) is 5.73 Å². The molecule has 0 aliphatic carbocycles. The summed E-state index contributed by atoms with van der Waals surface area (Å²) in [6.07, 6.45) is 7.19. The van der Waals surface area contributed by atoms with Crippen LogP contribution in [0.1, 0.15) is 17.2 Å². The van der Waals surface area contributed by atoms with Crippen LogP contribution in [0.15, 0.2) is 61.2 Å². The Morgan fingerprint density at radius 1 is 0.889 bits per heavy atom. The predicted molar refractivity (Wildman–Crippen MR) is 72.0 cm³/mol. The summed E-state index contributed by atoms with van der Waals surface area (Å²) in [4.78, 5) is 8.15. The maximum atomic E-state index is 6.33. The highest BCUT2D eigenvalue weighted by molar-refractivity contribution is 5.85. The molecule has 2 aromatic heterocycles. The van der Waals surface area contributed by atoms with Crippen molar-refractivity contribution < 1.29 is 0 Å². The van der Waals surface area contributed by atoms with Crippen molar-refractivity contribution >= 4 is 10.8 Å². The molecule has 3 nitrogen and oxygen atoms in total. The van der Waals surface area contributed by atoms with E-state index in [1.807, 2.05) is 36.5 Å². The third-order valence-electron chi connectivity index (χ3n) is 3.11. The summed E-state index contributed by atoms with van der Waals surface area (Å²) >= 11 is 0. The Hall–Kier alpha value is -2.26. The quantitative estimate of drug-likeness (QED) is 0.743. The lowest BCUT2D eigenvalue weighted by atomic mass is 9.96. The second-order valence-corrected chi connectivity index (χ2v) is 4.20. The Morgan fingerprint density at radius 2 is 1.67 bits per heavy atom. The molecule has 3 rings (SSSR count). The summed E-state index contributed by atoms with van der Waals surface area (Å²) in [6.45, 7) is 0. The first-order valence-electron chi connectivity index (χ1n) is 5.84. The van der Waals surface area contributed by atoms with Gasteiger partial charge in [-0.05, 0) is 34.7 Å². The van der Waals surface area contributed by atoms with Gasteiger partial charge in [-0.25, -0.2) is 0 Å². The van der Waals surface area contributed by atoms with E-state index < -0.39 is 0 Å². The van der Waals surface area contributed by atoms with E-state index in [0.717, 1.165) is 21.9 Å². The SMILES string of the molecule is NC(c1ccncc1)c1cccc2cnccc12. The fraction of sp³-hybridized carbons (Fsp3) is 0.0667. The normalized spacial score (nSPS) is 12.5. The van der Waals surface area contributed by atoms with Gasteiger partial charge in [0, 0.05) is 30.2 Å². The number of hydrogen-bond donors (Lipinski definition) is 1. The summed E-state index contributed by atoms with van der Waals surface area (Å²) in [6, 6.07) is 11.9. The zero-order chi connectivity index (χ0) is 12.4. The van der Waals surface area contributed by atoms with Gasteiger partial charge in [0.15, 0.2) is 0 Å². The van der Waals surface area contributed by atoms with E-state index in [9.17, 15) is 0 Å². The van der Waals surface area contributed by atoms with Crippen molar-refractivity contribution in [3.63, 3.8) is 0 Å². The Balaban J connectivity index is 2.15. The molecular weight excluding hydrogens is 222 g/mol. The van der Waals surface area contributed by atoms with E-state index in [-0.39, 0.29) is 6.04 Å². The molecule has 1 atom stereocenters. The Morgan fingerprint density at radius 3 is 2.50 bits per heavy atom. The molecule has 0 amide bonds. The van der Waals surface area contributed by atoms with E-state index in [1.165, 1.54) is 0 Å². The summed E-state index contributed by atoms with van der Waals surface area (Å²) in [5.41, 5.74) is 8.51. The largest absolute Gasteiger partial charge is 0.320 e. The molecule has 1 unspecified atom stereocenters. The minimum Gasteiger partial charge on any atom is -0.320 e. The van der Waals surface area contributed by atoms with Crippen molar-refractivity contribution in [1.82, 2.24) is 9.97 Å². The maximum Gasteiger partial charge on any atom is 0.0558 e. The zero-order valence-electron chi connectivity index (χ0n) is 9.82. The zero-order valence-corrected chi connectivity index (χ0v) is 9.82. The van der Waals surface area contributed by atoms with Crippen LogP contribution in [0.25, 0.3) is 10.8 Å². The number of hydrogen-bond acceptors (Lipinski definition) is 3. The third-order valence-corrected chi connectivity index (χ3v) is 3.11. The van der Waals surface area contributed by atoms with Gasteiger partial charge < -0.3 is 5.73 Å². The molecular formula is C15H13N3. The summed E-state index contributed by atoms with van der Waals surface area (Å²) in [5.74, 6) is 0. The highest BCUT2D eigenvalue weighted by Gasteiger charge is 2.11. The minimum atomic E-state index is -0.140. The summed E-state index contributed by atoms with van der Waals surface area (Å²) < 4.78 is 0. The topological polar surface area (TPSA) is 51.8 Å². The first kappa shape index (κ1) is 10.9. The molecule has 0 spiro atoms. The van der Waals surface area contributed by atoms with Gasteiger partial charge in [0.25, 0.3) is 0 Å². The van der Waals surface area contributed by atoms with E-state index in [4.69, 9.17) is 5.73 Å². The van der Waals surface area contributed by atoms with Gasteiger partial charge in [0.1, 0.15) is 0 Å². The van der Waals surface area contributed by atoms with Crippen LogP contribution in [0, 0.1) is 0 Å². The number of aromatic nitrogens is 2. The van der Waals surface area contributed by atoms with E-state index >= 15 is 0 Å². The summed E-state index contributed by atoms with van der Waals surface area (Å²) in [5, 5.41) is 2.26. The predicted octanol–water partition coefficient (Wildman–Crippen LogP) is 2.68. The van der Waals surface area contributed by atoms with Gasteiger partial charge in [0.2, 0.25) is 0 Å². The number of nitrogens with two attached hydrogens (primary N) is 1. The van der Waals surface area contributed by atoms with E-state index in [2.05, 4.69) is 16.0 Å². The van der Waals surface area contributed by atoms with Gasteiger partial charge in [-0.15, -0.1) is 0 Å². The van der Waals surface area contributed by atoms with Crippen LogP contribution in [0.4, 0.5) is 0 Å². The number of rotatable bonds is 2. The first-order chi connectivity index (χ1) is 8.86. The number of pyridine rings is 2. The van der Waals surface area contributed by atoms with Crippen LogP contribution in [-0.4, -0.2) is 9.97 Å². The molecule has 2 heterocycles. The van der Waals surface area contributed by atoms with E-state index in [0.29, 0.717) is 0 Å². The lowest BCUT2D eigenvalue weighted by molar-refractivity contribution is 0.876. The van der Waals surface area contributed by atoms with Crippen LogP contribution in [-0.2, 0) is 0 Å². The maximum absolute atomic E-state index is 6.33. The van der Waals surface area contributed by atoms with Crippen molar-refractivity contribution in [2.45, 2.75) is 6.04 Å². The molecule has 0 bridgehead atoms. The molecule has 0 aliphatic rings. The molecule has 1 aromatic carbocycles. The van der Waals surface area contributed by atoms with Crippen molar-refractivity contribution in [3.05, 3.63) is 72.3 Å². The lowest BCUT2D eigenvalue weighted by Gasteiger charge is -2.14. The molecule has 0 saturated heterocycles. The molecule has 3 heteroatoms. The minimum absolute atomic E-state index is 0.140. The van der Waals surface area contributed by atoms with Crippen molar-refractivity contribution in [2.75, 3.05) is 0 Å². The van der Waals surface area contributed by atoms with Gasteiger partial charge in [0.05, 0.1) is 6.04 Å². The molecule has 2 N–H and O–H groups in total. The Labute approximate surface area is 105 Å². The first-order valence-corrected chi connectivity index (χ1v) is 5.84. The second-order valence-electron chi connectivity index (χ2n) is 4.20. The van der Waals surface area contributed by atoms with Crippen LogP contribution in [0.5, 0.6) is 0 Å². The fourth-order valence-corrected chi connectivity index (χ4v) is 2.17. The highest BCUT2D eigenvalue weighted by atomic mass is 14.7. The van der Waals surface area contributed by atoms with Gasteiger partial charge in [-0.1, -0.05) is 18.2 Å². The standard InChI is InChI=1S/C15H13N3/c16-15(11-4-7-17-8-5-11)14-3-1-2-12-10-18-9-6-13(12)14/h1-10,15H,16H2. The molecule has 18 heavy (non-hydrogen) atoms. The van der Waals surface area contributed by atoms with Crippen LogP contribution in [0.3, 0.4) is 0 Å². The van der Waals surface area contributed by atoms with E-state index in [1.54, 1.807) is 18.6 Å². The van der Waals surface area contributed by atoms with Gasteiger partial charge in [-0.2, -0.15) is 0 Å². The third kappa shape index (κ3) is 1.85. The van der Waals surface area contributed by atoms with Crippen LogP contribution < -0.4 is 5.73 Å².